The third-order valence-corrected chi connectivity index (χ3v) is 4.57. The van der Waals surface area contributed by atoms with Gasteiger partial charge in [-0.1, -0.05) is 6.07 Å². The first kappa shape index (κ1) is 16.4. The fraction of sp³-hybridized carbons (Fsp3) is 0.500. The second-order valence-corrected chi connectivity index (χ2v) is 6.37. The van der Waals surface area contributed by atoms with Gasteiger partial charge in [-0.3, -0.25) is 0 Å². The number of benzene rings is 1. The van der Waals surface area contributed by atoms with Crippen LogP contribution in [0.4, 0.5) is 4.39 Å². The molecule has 1 aliphatic rings. The lowest BCUT2D eigenvalue weighted by Crippen LogP contribution is -2.46. The van der Waals surface area contributed by atoms with Crippen LogP contribution in [-0.2, 0) is 10.0 Å². The fourth-order valence-electron chi connectivity index (χ4n) is 2.16. The van der Waals surface area contributed by atoms with Gasteiger partial charge in [0.05, 0.1) is 4.90 Å². The molecule has 0 aliphatic carbocycles. The van der Waals surface area contributed by atoms with E-state index in [9.17, 15) is 12.8 Å². The van der Waals surface area contributed by atoms with Crippen LogP contribution in [0.1, 0.15) is 19.8 Å². The Morgan fingerprint density at radius 3 is 2.79 bits per heavy atom. The summed E-state index contributed by atoms with van der Waals surface area (Å²) in [7, 11) is -3.62. The number of hydrogen-bond donors (Lipinski definition) is 2. The summed E-state index contributed by atoms with van der Waals surface area (Å²) in [4.78, 5) is -0.0197. The monoisotopic (exact) mass is 308 g/mol. The molecular weight excluding hydrogens is 291 g/mol. The lowest BCUT2D eigenvalue weighted by molar-refractivity contribution is 0.361. The Labute approximate surface area is 119 Å². The molecule has 2 rings (SSSR count). The average Bonchev–Trinajstić information content (AvgIpc) is 2.28. The molecule has 1 aliphatic heterocycles. The van der Waals surface area contributed by atoms with E-state index in [1.165, 1.54) is 18.2 Å². The van der Waals surface area contributed by atoms with E-state index in [1.807, 2.05) is 6.92 Å². The van der Waals surface area contributed by atoms with Crippen LogP contribution < -0.4 is 10.0 Å². The van der Waals surface area contributed by atoms with Crippen LogP contribution >= 0.6 is 12.4 Å². The topological polar surface area (TPSA) is 58.2 Å². The summed E-state index contributed by atoms with van der Waals surface area (Å²) in [6.45, 7) is 2.81. The first-order chi connectivity index (χ1) is 8.47. The molecule has 4 nitrogen and oxygen atoms in total. The van der Waals surface area contributed by atoms with Gasteiger partial charge in [0, 0.05) is 12.1 Å². The van der Waals surface area contributed by atoms with Crippen LogP contribution in [0.2, 0.25) is 0 Å². The summed E-state index contributed by atoms with van der Waals surface area (Å²) in [5.41, 5.74) is 0. The molecule has 1 saturated heterocycles. The van der Waals surface area contributed by atoms with Crippen molar-refractivity contribution in [2.75, 3.05) is 6.54 Å². The number of halogens is 2. The molecule has 0 radical (unpaired) electrons. The smallest absolute Gasteiger partial charge is 0.240 e. The van der Waals surface area contributed by atoms with Gasteiger partial charge in [0.1, 0.15) is 5.82 Å². The second kappa shape index (κ2) is 6.65. The van der Waals surface area contributed by atoms with Crippen LogP contribution in [-0.4, -0.2) is 27.0 Å². The summed E-state index contributed by atoms with van der Waals surface area (Å²) in [6.07, 6.45) is 1.49. The van der Waals surface area contributed by atoms with Gasteiger partial charge in [-0.25, -0.2) is 17.5 Å². The number of sulfonamides is 1. The highest BCUT2D eigenvalue weighted by Gasteiger charge is 2.24. The van der Waals surface area contributed by atoms with Crippen LogP contribution in [0, 0.1) is 5.82 Å². The Hall–Kier alpha value is -0.690. The van der Waals surface area contributed by atoms with Crippen LogP contribution in [0.5, 0.6) is 0 Å². The molecule has 0 amide bonds. The molecule has 2 N–H and O–H groups in total. The van der Waals surface area contributed by atoms with E-state index in [2.05, 4.69) is 10.0 Å². The van der Waals surface area contributed by atoms with Gasteiger partial charge < -0.3 is 5.32 Å². The third kappa shape index (κ3) is 4.42. The minimum atomic E-state index is -3.62. The van der Waals surface area contributed by atoms with Crippen LogP contribution in [0.3, 0.4) is 0 Å². The van der Waals surface area contributed by atoms with E-state index in [4.69, 9.17) is 0 Å². The van der Waals surface area contributed by atoms with Gasteiger partial charge in [-0.15, -0.1) is 12.4 Å². The predicted molar refractivity (Wildman–Crippen MR) is 74.5 cm³/mol. The number of hydrogen-bond acceptors (Lipinski definition) is 3. The zero-order valence-corrected chi connectivity index (χ0v) is 12.2. The van der Waals surface area contributed by atoms with E-state index in [0.29, 0.717) is 6.04 Å². The first-order valence-corrected chi connectivity index (χ1v) is 7.47. The van der Waals surface area contributed by atoms with E-state index in [0.717, 1.165) is 25.5 Å². The molecule has 1 heterocycles. The lowest BCUT2D eigenvalue weighted by atomic mass is 10.0. The van der Waals surface area contributed by atoms with Crippen molar-refractivity contribution in [3.63, 3.8) is 0 Å². The molecule has 7 heteroatoms. The molecule has 2 atom stereocenters. The molecule has 108 valence electrons. The van der Waals surface area contributed by atoms with Gasteiger partial charge in [0.25, 0.3) is 0 Å². The van der Waals surface area contributed by atoms with E-state index in [1.54, 1.807) is 0 Å². The highest BCUT2D eigenvalue weighted by atomic mass is 35.5. The first-order valence-electron chi connectivity index (χ1n) is 5.98. The lowest BCUT2D eigenvalue weighted by Gasteiger charge is -2.28. The van der Waals surface area contributed by atoms with Crippen molar-refractivity contribution in [1.82, 2.24) is 10.0 Å². The predicted octanol–water partition coefficient (Wildman–Crippen LogP) is 1.67. The zero-order valence-electron chi connectivity index (χ0n) is 10.6. The molecule has 1 aromatic carbocycles. The normalized spacial score (nSPS) is 23.7. The Morgan fingerprint density at radius 2 is 2.16 bits per heavy atom. The Morgan fingerprint density at radius 1 is 1.42 bits per heavy atom. The quantitative estimate of drug-likeness (QED) is 0.893. The van der Waals surface area contributed by atoms with Crippen LogP contribution in [0.25, 0.3) is 0 Å². The molecule has 0 spiro atoms. The van der Waals surface area contributed by atoms with Gasteiger partial charge in [-0.2, -0.15) is 0 Å². The Bertz CT molecular complexity index is 524. The van der Waals surface area contributed by atoms with Gasteiger partial charge >= 0.3 is 0 Å². The summed E-state index contributed by atoms with van der Waals surface area (Å²) in [5.74, 6) is -0.545. The molecule has 1 aromatic rings. The minimum absolute atomic E-state index is 0. The van der Waals surface area contributed by atoms with Crippen molar-refractivity contribution >= 4 is 22.4 Å². The second-order valence-electron chi connectivity index (χ2n) is 4.66. The molecular formula is C12H18ClFN2O2S. The largest absolute Gasteiger partial charge is 0.314 e. The molecule has 19 heavy (non-hydrogen) atoms. The van der Waals surface area contributed by atoms with E-state index >= 15 is 0 Å². The van der Waals surface area contributed by atoms with E-state index in [-0.39, 0.29) is 23.3 Å². The Kier molecular flexibility index (Phi) is 5.73. The summed E-state index contributed by atoms with van der Waals surface area (Å²) >= 11 is 0. The number of nitrogens with one attached hydrogen (secondary N) is 2. The Balaban J connectivity index is 0.00000180. The number of piperidine rings is 1. The molecule has 2 unspecified atom stereocenters. The third-order valence-electron chi connectivity index (χ3n) is 3.05. The standard InChI is InChI=1S/C12H17FN2O2S.ClH/c1-9-7-11(5-6-14-9)15-18(16,17)12-4-2-3-10(13)8-12;/h2-4,8-9,11,14-15H,5-7H2,1H3;1H. The van der Waals surface area contributed by atoms with Gasteiger partial charge in [0.15, 0.2) is 0 Å². The van der Waals surface area contributed by atoms with Crippen molar-refractivity contribution in [2.24, 2.45) is 0 Å². The number of rotatable bonds is 3. The molecule has 1 fully saturated rings. The van der Waals surface area contributed by atoms with Gasteiger partial charge in [-0.05, 0) is 44.5 Å². The minimum Gasteiger partial charge on any atom is -0.314 e. The van der Waals surface area contributed by atoms with Crippen molar-refractivity contribution < 1.29 is 12.8 Å². The molecule has 0 aromatic heterocycles. The van der Waals surface area contributed by atoms with E-state index < -0.39 is 15.8 Å². The summed E-state index contributed by atoms with van der Waals surface area (Å²) < 4.78 is 39.8. The molecule has 0 saturated carbocycles. The highest BCUT2D eigenvalue weighted by Crippen LogP contribution is 2.15. The van der Waals surface area contributed by atoms with Crippen molar-refractivity contribution in [1.29, 1.82) is 0 Å². The highest BCUT2D eigenvalue weighted by molar-refractivity contribution is 7.89. The SMILES string of the molecule is CC1CC(NS(=O)(=O)c2cccc(F)c2)CCN1.Cl. The summed E-state index contributed by atoms with van der Waals surface area (Å²) in [5, 5.41) is 3.25. The van der Waals surface area contributed by atoms with Crippen molar-refractivity contribution in [2.45, 2.75) is 36.7 Å². The fourth-order valence-corrected chi connectivity index (χ4v) is 3.48. The van der Waals surface area contributed by atoms with Crippen molar-refractivity contribution in [3.8, 4) is 0 Å². The molecule has 0 bridgehead atoms. The maximum Gasteiger partial charge on any atom is 0.240 e. The maximum absolute atomic E-state index is 13.0. The van der Waals surface area contributed by atoms with Gasteiger partial charge in [0.2, 0.25) is 10.0 Å². The van der Waals surface area contributed by atoms with Crippen LogP contribution in [0.15, 0.2) is 29.2 Å². The summed E-state index contributed by atoms with van der Waals surface area (Å²) in [6, 6.07) is 5.26. The van der Waals surface area contributed by atoms with Crippen molar-refractivity contribution in [3.05, 3.63) is 30.1 Å². The average molecular weight is 309 g/mol. The maximum atomic E-state index is 13.0. The zero-order chi connectivity index (χ0) is 13.2.